The Balaban J connectivity index is 1.13. The standard InChI is InChI=1S/C52H32N4OS/c1-3-14-35(15-4-1)45-30-46(38-31-53-51(54-32-38)36-16-5-2-6-17-36)56-52(55-45)37-26-25-34-24-23-33-13-7-8-18-39(33)41-20-10-12-22-49(41)58-50-29-43-40-19-9-11-21-47(40)57-48(43)28-44(50)42(34)27-37/h1-32H/b24-23-. The van der Waals surface area contributed by atoms with Gasteiger partial charge < -0.3 is 4.42 Å². The van der Waals surface area contributed by atoms with Crippen LogP contribution in [-0.2, 0) is 0 Å². The number of benzene rings is 7. The van der Waals surface area contributed by atoms with E-state index in [1.807, 2.05) is 79.1 Å². The summed E-state index contributed by atoms with van der Waals surface area (Å²) in [4.78, 5) is 22.2. The molecule has 5 nitrogen and oxygen atoms in total. The molecule has 0 N–H and O–H groups in total. The maximum absolute atomic E-state index is 6.52. The zero-order chi connectivity index (χ0) is 38.4. The molecule has 0 aliphatic carbocycles. The SMILES string of the molecule is C1=C\c2ccc(-c3nc(-c4ccccc4)cc(-c4cnc(-c5ccccc5)nc4)n3)cc2-c2cc3oc4ccccc4c3cc2Sc2ccccc2-c2ccccc2/1. The highest BCUT2D eigenvalue weighted by molar-refractivity contribution is 7.99. The smallest absolute Gasteiger partial charge is 0.160 e. The van der Waals surface area contributed by atoms with Crippen molar-refractivity contribution in [3.63, 3.8) is 0 Å². The zero-order valence-electron chi connectivity index (χ0n) is 31.1. The Kier molecular flexibility index (Phi) is 8.34. The number of furan rings is 1. The molecule has 0 saturated heterocycles. The van der Waals surface area contributed by atoms with Crippen LogP contribution in [0.1, 0.15) is 11.1 Å². The number of nitrogens with zero attached hydrogens (tertiary/aromatic N) is 4. The summed E-state index contributed by atoms with van der Waals surface area (Å²) in [6.07, 6.45) is 8.14. The first-order valence-electron chi connectivity index (χ1n) is 19.2. The van der Waals surface area contributed by atoms with Gasteiger partial charge in [-0.15, -0.1) is 0 Å². The molecule has 0 spiro atoms. The van der Waals surface area contributed by atoms with E-state index in [1.54, 1.807) is 11.8 Å². The molecule has 0 bridgehead atoms. The number of rotatable bonds is 4. The van der Waals surface area contributed by atoms with Crippen molar-refractivity contribution in [3.8, 4) is 67.5 Å². The van der Waals surface area contributed by atoms with E-state index < -0.39 is 0 Å². The van der Waals surface area contributed by atoms with Crippen LogP contribution >= 0.6 is 11.8 Å². The van der Waals surface area contributed by atoms with E-state index in [2.05, 4.69) is 115 Å². The third-order valence-corrected chi connectivity index (χ3v) is 11.8. The van der Waals surface area contributed by atoms with Gasteiger partial charge in [0.2, 0.25) is 0 Å². The minimum Gasteiger partial charge on any atom is -0.456 e. The summed E-state index contributed by atoms with van der Waals surface area (Å²) >= 11 is 1.79. The van der Waals surface area contributed by atoms with E-state index in [-0.39, 0.29) is 0 Å². The molecule has 6 heteroatoms. The van der Waals surface area contributed by atoms with Crippen LogP contribution in [0, 0.1) is 0 Å². The van der Waals surface area contributed by atoms with E-state index in [9.17, 15) is 0 Å². The fourth-order valence-corrected chi connectivity index (χ4v) is 8.89. The summed E-state index contributed by atoms with van der Waals surface area (Å²) in [5, 5.41) is 2.19. The molecule has 1 aliphatic rings. The lowest BCUT2D eigenvalue weighted by atomic mass is 9.94. The van der Waals surface area contributed by atoms with Crippen molar-refractivity contribution in [1.29, 1.82) is 0 Å². The van der Waals surface area contributed by atoms with Gasteiger partial charge in [0.05, 0.1) is 11.4 Å². The molecule has 0 saturated carbocycles. The van der Waals surface area contributed by atoms with E-state index in [4.69, 9.17) is 24.4 Å². The molecule has 10 aromatic rings. The first kappa shape index (κ1) is 33.9. The molecule has 7 aromatic carbocycles. The molecular weight excluding hydrogens is 729 g/mol. The molecule has 0 fully saturated rings. The van der Waals surface area contributed by atoms with Gasteiger partial charge in [0, 0.05) is 55.2 Å². The Bertz CT molecular complexity index is 3190. The molecule has 0 amide bonds. The van der Waals surface area contributed by atoms with Gasteiger partial charge in [0.1, 0.15) is 11.2 Å². The van der Waals surface area contributed by atoms with E-state index in [1.165, 1.54) is 16.0 Å². The highest BCUT2D eigenvalue weighted by Crippen LogP contribution is 2.47. The van der Waals surface area contributed by atoms with Crippen LogP contribution in [-0.4, -0.2) is 19.9 Å². The van der Waals surface area contributed by atoms with E-state index >= 15 is 0 Å². The summed E-state index contributed by atoms with van der Waals surface area (Å²) < 4.78 is 6.52. The lowest BCUT2D eigenvalue weighted by Gasteiger charge is -2.16. The predicted molar refractivity (Wildman–Crippen MR) is 237 cm³/mol. The van der Waals surface area contributed by atoms with Gasteiger partial charge >= 0.3 is 0 Å². The molecule has 1 aliphatic heterocycles. The van der Waals surface area contributed by atoms with Crippen LogP contribution < -0.4 is 0 Å². The van der Waals surface area contributed by atoms with Gasteiger partial charge in [-0.2, -0.15) is 0 Å². The van der Waals surface area contributed by atoms with Gasteiger partial charge in [-0.25, -0.2) is 19.9 Å². The van der Waals surface area contributed by atoms with Crippen LogP contribution in [0.3, 0.4) is 0 Å². The number of para-hydroxylation sites is 1. The normalized spacial score (nSPS) is 12.6. The van der Waals surface area contributed by atoms with Crippen molar-refractivity contribution in [1.82, 2.24) is 19.9 Å². The van der Waals surface area contributed by atoms with Crippen molar-refractivity contribution in [2.75, 3.05) is 0 Å². The van der Waals surface area contributed by atoms with Crippen molar-refractivity contribution >= 4 is 45.9 Å². The van der Waals surface area contributed by atoms with E-state index in [0.717, 1.165) is 82.7 Å². The fraction of sp³-hybridized carbons (Fsp3) is 0. The van der Waals surface area contributed by atoms with Gasteiger partial charge in [-0.3, -0.25) is 0 Å². The summed E-state index contributed by atoms with van der Waals surface area (Å²) in [6.45, 7) is 0. The molecule has 11 rings (SSSR count). The second kappa shape index (κ2) is 14.3. The molecule has 0 unspecified atom stereocenters. The zero-order valence-corrected chi connectivity index (χ0v) is 31.9. The van der Waals surface area contributed by atoms with Crippen molar-refractivity contribution in [3.05, 3.63) is 193 Å². The molecule has 0 atom stereocenters. The molecule has 3 aromatic heterocycles. The van der Waals surface area contributed by atoms with Crippen molar-refractivity contribution < 1.29 is 4.42 Å². The topological polar surface area (TPSA) is 64.7 Å². The third-order valence-electron chi connectivity index (χ3n) is 10.7. The summed E-state index contributed by atoms with van der Waals surface area (Å²) in [6, 6.07) is 58.9. The Morgan fingerprint density at radius 3 is 1.84 bits per heavy atom. The minimum atomic E-state index is 0.610. The molecular formula is C52H32N4OS. The average Bonchev–Trinajstić information content (AvgIpc) is 3.65. The highest BCUT2D eigenvalue weighted by Gasteiger charge is 2.21. The monoisotopic (exact) mass is 760 g/mol. The first-order chi connectivity index (χ1) is 28.7. The van der Waals surface area contributed by atoms with E-state index in [0.29, 0.717) is 11.6 Å². The average molecular weight is 761 g/mol. The summed E-state index contributed by atoms with van der Waals surface area (Å²) in [5.41, 5.74) is 13.7. The minimum absolute atomic E-state index is 0.610. The Hall–Kier alpha value is -7.41. The lowest BCUT2D eigenvalue weighted by Crippen LogP contribution is -1.98. The highest BCUT2D eigenvalue weighted by atomic mass is 32.2. The van der Waals surface area contributed by atoms with Gasteiger partial charge in [0.15, 0.2) is 11.6 Å². The van der Waals surface area contributed by atoms with Crippen molar-refractivity contribution in [2.24, 2.45) is 0 Å². The lowest BCUT2D eigenvalue weighted by molar-refractivity contribution is 0.669. The summed E-state index contributed by atoms with van der Waals surface area (Å²) in [5.74, 6) is 1.28. The quantitative estimate of drug-likeness (QED) is 0.178. The molecule has 4 heterocycles. The second-order valence-corrected chi connectivity index (χ2v) is 15.3. The van der Waals surface area contributed by atoms with Crippen LogP contribution in [0.15, 0.2) is 196 Å². The Morgan fingerprint density at radius 1 is 0.379 bits per heavy atom. The largest absolute Gasteiger partial charge is 0.456 e. The Morgan fingerprint density at radius 2 is 1.03 bits per heavy atom. The second-order valence-electron chi connectivity index (χ2n) is 14.3. The van der Waals surface area contributed by atoms with Crippen LogP contribution in [0.25, 0.3) is 102 Å². The molecule has 58 heavy (non-hydrogen) atoms. The van der Waals surface area contributed by atoms with Crippen LogP contribution in [0.5, 0.6) is 0 Å². The van der Waals surface area contributed by atoms with Crippen LogP contribution in [0.4, 0.5) is 0 Å². The summed E-state index contributed by atoms with van der Waals surface area (Å²) in [7, 11) is 0. The number of hydrogen-bond acceptors (Lipinski definition) is 6. The van der Waals surface area contributed by atoms with Gasteiger partial charge in [0.25, 0.3) is 0 Å². The van der Waals surface area contributed by atoms with Crippen molar-refractivity contribution in [2.45, 2.75) is 9.79 Å². The van der Waals surface area contributed by atoms with Crippen LogP contribution in [0.2, 0.25) is 0 Å². The molecule has 0 radical (unpaired) electrons. The number of hydrogen-bond donors (Lipinski definition) is 0. The maximum atomic E-state index is 6.52. The Labute approximate surface area is 339 Å². The predicted octanol–water partition coefficient (Wildman–Crippen LogP) is 13.8. The molecule has 272 valence electrons. The first-order valence-corrected chi connectivity index (χ1v) is 20.0. The maximum Gasteiger partial charge on any atom is 0.160 e. The van der Waals surface area contributed by atoms with Gasteiger partial charge in [-0.1, -0.05) is 157 Å². The fourth-order valence-electron chi connectivity index (χ4n) is 7.76. The van der Waals surface area contributed by atoms with Gasteiger partial charge in [-0.05, 0) is 69.8 Å². The number of fused-ring (bicyclic) bond motifs is 9. The number of aromatic nitrogens is 4. The third kappa shape index (κ3) is 6.17.